The Balaban J connectivity index is 1.66. The van der Waals surface area contributed by atoms with E-state index in [1.165, 1.54) is 16.9 Å². The lowest BCUT2D eigenvalue weighted by atomic mass is 9.84. The topological polar surface area (TPSA) is 31.9 Å². The van der Waals surface area contributed by atoms with Crippen molar-refractivity contribution >= 4 is 11.8 Å². The largest absolute Gasteiger partial charge is 0.347 e. The third-order valence-electron chi connectivity index (χ3n) is 6.05. The first-order valence-corrected chi connectivity index (χ1v) is 10.3. The summed E-state index contributed by atoms with van der Waals surface area (Å²) < 4.78 is 0. The maximum atomic E-state index is 5.02. The molecule has 2 heterocycles. The normalized spacial score (nSPS) is 16.1. The van der Waals surface area contributed by atoms with Crippen LogP contribution < -0.4 is 4.90 Å². The van der Waals surface area contributed by atoms with Crippen molar-refractivity contribution in [1.82, 2.24) is 9.97 Å². The molecule has 1 aliphatic rings. The van der Waals surface area contributed by atoms with Crippen molar-refractivity contribution in [2.24, 2.45) is 0 Å². The lowest BCUT2D eigenvalue weighted by Crippen LogP contribution is -2.22. The molecule has 0 atom stereocenters. The molecular formula is C27H25N3. The predicted octanol–water partition coefficient (Wildman–Crippen LogP) is 6.51. The molecule has 0 unspecified atom stereocenters. The smallest absolute Gasteiger partial charge is 0.132 e. The fourth-order valence-corrected chi connectivity index (χ4v) is 4.47. The maximum absolute atomic E-state index is 5.02. The van der Waals surface area contributed by atoms with Gasteiger partial charge in [0.15, 0.2) is 0 Å². The summed E-state index contributed by atoms with van der Waals surface area (Å²) in [4.78, 5) is 10.9. The highest BCUT2D eigenvalue weighted by Crippen LogP contribution is 2.47. The van der Waals surface area contributed by atoms with Gasteiger partial charge in [-0.15, -0.1) is 0 Å². The number of likely N-dealkylation sites (N-methyl/N-ethyl adjacent to an activating group) is 1. The number of anilines is 1. The van der Waals surface area contributed by atoms with E-state index in [2.05, 4.69) is 110 Å². The van der Waals surface area contributed by atoms with E-state index in [0.29, 0.717) is 0 Å². The van der Waals surface area contributed by atoms with Gasteiger partial charge in [-0.05, 0) is 11.6 Å². The molecule has 0 amide bonds. The number of benzene rings is 3. The highest BCUT2D eigenvalue weighted by Gasteiger charge is 2.38. The van der Waals surface area contributed by atoms with Crippen LogP contribution in [0.25, 0.3) is 28.6 Å². The van der Waals surface area contributed by atoms with Crippen LogP contribution in [0.1, 0.15) is 25.2 Å². The Kier molecular flexibility index (Phi) is 4.32. The molecule has 3 aromatic carbocycles. The summed E-state index contributed by atoms with van der Waals surface area (Å²) >= 11 is 0. The Labute approximate surface area is 177 Å². The molecule has 1 aliphatic heterocycles. The molecular weight excluding hydrogens is 366 g/mol. The summed E-state index contributed by atoms with van der Waals surface area (Å²) in [5.74, 6) is 0.871. The average molecular weight is 392 g/mol. The lowest BCUT2D eigenvalue weighted by molar-refractivity contribution is 0.644. The third-order valence-corrected chi connectivity index (χ3v) is 6.05. The lowest BCUT2D eigenvalue weighted by Gasteiger charge is -2.23. The number of imidazole rings is 1. The Morgan fingerprint density at radius 1 is 0.800 bits per heavy atom. The van der Waals surface area contributed by atoms with Crippen molar-refractivity contribution in [3.63, 3.8) is 0 Å². The molecule has 0 radical (unpaired) electrons. The van der Waals surface area contributed by atoms with E-state index in [4.69, 9.17) is 4.98 Å². The highest BCUT2D eigenvalue weighted by atomic mass is 15.2. The van der Waals surface area contributed by atoms with Crippen molar-refractivity contribution in [2.75, 3.05) is 11.9 Å². The van der Waals surface area contributed by atoms with Crippen molar-refractivity contribution in [2.45, 2.75) is 19.3 Å². The van der Waals surface area contributed by atoms with Crippen LogP contribution in [0, 0.1) is 0 Å². The summed E-state index contributed by atoms with van der Waals surface area (Å²) in [7, 11) is 2.14. The minimum Gasteiger partial charge on any atom is -0.347 e. The maximum Gasteiger partial charge on any atom is 0.132 e. The van der Waals surface area contributed by atoms with Gasteiger partial charge in [0, 0.05) is 41.1 Å². The molecule has 0 spiro atoms. The third kappa shape index (κ3) is 2.94. The van der Waals surface area contributed by atoms with Gasteiger partial charge in [0.05, 0.1) is 11.4 Å². The van der Waals surface area contributed by atoms with E-state index in [1.807, 2.05) is 12.1 Å². The Hall–Kier alpha value is -3.59. The van der Waals surface area contributed by atoms with E-state index >= 15 is 0 Å². The number of nitrogens with one attached hydrogen (secondary N) is 1. The molecule has 0 fully saturated rings. The zero-order valence-corrected chi connectivity index (χ0v) is 17.6. The second-order valence-electron chi connectivity index (χ2n) is 8.31. The summed E-state index contributed by atoms with van der Waals surface area (Å²) in [5, 5.41) is 0. The van der Waals surface area contributed by atoms with Crippen molar-refractivity contribution < 1.29 is 0 Å². The van der Waals surface area contributed by atoms with Gasteiger partial charge in [0.2, 0.25) is 0 Å². The second-order valence-corrected chi connectivity index (χ2v) is 8.31. The number of aromatic amines is 1. The molecule has 0 saturated carbocycles. The van der Waals surface area contributed by atoms with E-state index in [1.54, 1.807) is 0 Å². The zero-order valence-electron chi connectivity index (χ0n) is 17.6. The Morgan fingerprint density at radius 3 is 2.07 bits per heavy atom. The van der Waals surface area contributed by atoms with Crippen LogP contribution >= 0.6 is 0 Å². The summed E-state index contributed by atoms with van der Waals surface area (Å²) in [5.41, 5.74) is 8.02. The minimum atomic E-state index is -0.0854. The zero-order chi connectivity index (χ0) is 20.7. The molecule has 0 bridgehead atoms. The predicted molar refractivity (Wildman–Crippen MR) is 125 cm³/mol. The Morgan fingerprint density at radius 2 is 1.40 bits per heavy atom. The molecule has 3 heteroatoms. The average Bonchev–Trinajstić information content (AvgIpc) is 3.29. The number of para-hydroxylation sites is 1. The number of H-pyrrole nitrogens is 1. The molecule has 30 heavy (non-hydrogen) atoms. The van der Waals surface area contributed by atoms with Gasteiger partial charge in [-0.3, -0.25) is 0 Å². The van der Waals surface area contributed by atoms with Crippen molar-refractivity contribution in [3.8, 4) is 22.5 Å². The van der Waals surface area contributed by atoms with Crippen LogP contribution in [0.5, 0.6) is 0 Å². The number of hydrogen-bond acceptors (Lipinski definition) is 2. The van der Waals surface area contributed by atoms with Crippen LogP contribution in [0.15, 0.2) is 90.6 Å². The van der Waals surface area contributed by atoms with Crippen LogP contribution in [-0.2, 0) is 5.41 Å². The first-order valence-electron chi connectivity index (χ1n) is 10.3. The van der Waals surface area contributed by atoms with E-state index in [-0.39, 0.29) is 5.41 Å². The molecule has 1 N–H and O–H groups in total. The second kappa shape index (κ2) is 7.03. The molecule has 0 aliphatic carbocycles. The van der Waals surface area contributed by atoms with Gasteiger partial charge in [0.25, 0.3) is 0 Å². The first-order chi connectivity index (χ1) is 14.6. The number of fused-ring (bicyclic) bond motifs is 1. The fraction of sp³-hybridized carbons (Fsp3) is 0.148. The molecule has 0 saturated heterocycles. The van der Waals surface area contributed by atoms with Crippen LogP contribution in [-0.4, -0.2) is 17.0 Å². The Bertz CT molecular complexity index is 1160. The SMILES string of the molecule is CN1/C(=C\c2nc(-c3ccccc3)c(-c3ccccc3)[nH]2)C(C)(C)c2ccccc21. The summed E-state index contributed by atoms with van der Waals surface area (Å²) in [6.07, 6.45) is 2.19. The molecule has 5 rings (SSSR count). The van der Waals surface area contributed by atoms with Crippen LogP contribution in [0.4, 0.5) is 5.69 Å². The molecule has 3 nitrogen and oxygen atoms in total. The van der Waals surface area contributed by atoms with Gasteiger partial charge < -0.3 is 9.88 Å². The minimum absolute atomic E-state index is 0.0854. The van der Waals surface area contributed by atoms with Crippen LogP contribution in [0.2, 0.25) is 0 Å². The standard InChI is InChI=1S/C27H25N3/c1-27(2)21-16-10-11-17-22(21)30(3)23(27)18-24-28-25(19-12-6-4-7-13-19)26(29-24)20-14-8-5-9-15-20/h4-18H,1-3H3,(H,28,29)/b23-18-. The number of nitrogens with zero attached hydrogens (tertiary/aromatic N) is 2. The molecule has 148 valence electrons. The van der Waals surface area contributed by atoms with Crippen LogP contribution in [0.3, 0.4) is 0 Å². The quantitative estimate of drug-likeness (QED) is 0.431. The number of hydrogen-bond donors (Lipinski definition) is 1. The van der Waals surface area contributed by atoms with E-state index in [0.717, 1.165) is 28.3 Å². The van der Waals surface area contributed by atoms with Crippen molar-refractivity contribution in [3.05, 3.63) is 102 Å². The number of rotatable bonds is 3. The van der Waals surface area contributed by atoms with Gasteiger partial charge in [0.1, 0.15) is 5.82 Å². The summed E-state index contributed by atoms with van der Waals surface area (Å²) in [6, 6.07) is 29.4. The number of aromatic nitrogens is 2. The van der Waals surface area contributed by atoms with Gasteiger partial charge in [-0.25, -0.2) is 4.98 Å². The first kappa shape index (κ1) is 18.4. The molecule has 4 aromatic rings. The van der Waals surface area contributed by atoms with E-state index in [9.17, 15) is 0 Å². The fourth-order valence-electron chi connectivity index (χ4n) is 4.47. The molecule has 1 aromatic heterocycles. The number of allylic oxidation sites excluding steroid dienone is 1. The highest BCUT2D eigenvalue weighted by molar-refractivity contribution is 5.81. The monoisotopic (exact) mass is 391 g/mol. The van der Waals surface area contributed by atoms with Gasteiger partial charge in [-0.2, -0.15) is 0 Å². The van der Waals surface area contributed by atoms with E-state index < -0.39 is 0 Å². The summed E-state index contributed by atoms with van der Waals surface area (Å²) in [6.45, 7) is 4.56. The van der Waals surface area contributed by atoms with Gasteiger partial charge in [-0.1, -0.05) is 92.7 Å². The van der Waals surface area contributed by atoms with Crippen molar-refractivity contribution in [1.29, 1.82) is 0 Å². The van der Waals surface area contributed by atoms with Gasteiger partial charge >= 0.3 is 0 Å².